The number of aryl methyl sites for hydroxylation is 1. The third-order valence-corrected chi connectivity index (χ3v) is 6.58. The molecule has 206 valence electrons. The van der Waals surface area contributed by atoms with E-state index in [1.165, 1.54) is 26.4 Å². The summed E-state index contributed by atoms with van der Waals surface area (Å²) < 4.78 is 26.4. The van der Waals surface area contributed by atoms with Gasteiger partial charge in [-0.1, -0.05) is 30.7 Å². The van der Waals surface area contributed by atoms with Crippen molar-refractivity contribution in [2.45, 2.75) is 32.2 Å². The van der Waals surface area contributed by atoms with Gasteiger partial charge >= 0.3 is 0 Å². The summed E-state index contributed by atoms with van der Waals surface area (Å²) in [6, 6.07) is 7.69. The van der Waals surface area contributed by atoms with Crippen LogP contribution in [0.4, 0.5) is 16.0 Å². The average Bonchev–Trinajstić information content (AvgIpc) is 2.94. The molecule has 1 saturated heterocycles. The third kappa shape index (κ3) is 6.55. The lowest BCUT2D eigenvalue weighted by molar-refractivity contribution is 0.0923. The molecule has 0 bridgehead atoms. The van der Waals surface area contributed by atoms with Gasteiger partial charge in [0.15, 0.2) is 0 Å². The van der Waals surface area contributed by atoms with Crippen LogP contribution in [0, 0.1) is 5.82 Å². The van der Waals surface area contributed by atoms with E-state index in [-0.39, 0.29) is 51.5 Å². The van der Waals surface area contributed by atoms with Crippen molar-refractivity contribution >= 4 is 35.1 Å². The number of carbonyl (C=O) groups is 2. The Balaban J connectivity index is 1.58. The van der Waals surface area contributed by atoms with Crippen LogP contribution in [-0.2, 0) is 6.42 Å². The van der Waals surface area contributed by atoms with Crippen molar-refractivity contribution in [1.29, 1.82) is 0 Å². The first kappa shape index (κ1) is 28.1. The summed E-state index contributed by atoms with van der Waals surface area (Å²) in [6.07, 6.45) is 3.48. The molecule has 1 aliphatic heterocycles. The van der Waals surface area contributed by atoms with E-state index in [2.05, 4.69) is 31.2 Å². The molecule has 2 heterocycles. The Morgan fingerprint density at radius 2 is 1.95 bits per heavy atom. The van der Waals surface area contributed by atoms with Gasteiger partial charge in [-0.3, -0.25) is 9.59 Å². The van der Waals surface area contributed by atoms with Crippen molar-refractivity contribution < 1.29 is 23.5 Å². The summed E-state index contributed by atoms with van der Waals surface area (Å²) in [4.78, 5) is 33.7. The molecule has 1 aromatic heterocycles. The van der Waals surface area contributed by atoms with Gasteiger partial charge in [-0.15, -0.1) is 0 Å². The lowest BCUT2D eigenvalue weighted by Crippen LogP contribution is -2.42. The van der Waals surface area contributed by atoms with Gasteiger partial charge in [-0.25, -0.2) is 9.37 Å². The number of piperidine rings is 1. The van der Waals surface area contributed by atoms with Crippen LogP contribution >= 0.6 is 11.6 Å². The minimum absolute atomic E-state index is 0.00928. The molecular weight excluding hydrogens is 527 g/mol. The van der Waals surface area contributed by atoms with Gasteiger partial charge in [0.25, 0.3) is 11.8 Å². The maximum Gasteiger partial charge on any atom is 0.255 e. The zero-order valence-electron chi connectivity index (χ0n) is 21.9. The molecule has 3 aromatic rings. The van der Waals surface area contributed by atoms with Crippen LogP contribution in [0.5, 0.6) is 17.4 Å². The highest BCUT2D eigenvalue weighted by atomic mass is 35.5. The Labute approximate surface area is 230 Å². The zero-order chi connectivity index (χ0) is 27.9. The number of amides is 2. The number of benzene rings is 2. The van der Waals surface area contributed by atoms with Crippen LogP contribution in [0.25, 0.3) is 0 Å². The van der Waals surface area contributed by atoms with Gasteiger partial charge in [0.1, 0.15) is 22.3 Å². The maximum atomic E-state index is 15.0. The Bertz CT molecular complexity index is 1370. The predicted octanol–water partition coefficient (Wildman–Crippen LogP) is 4.22. The van der Waals surface area contributed by atoms with Crippen molar-refractivity contribution in [1.82, 2.24) is 25.9 Å². The van der Waals surface area contributed by atoms with Gasteiger partial charge in [0, 0.05) is 19.2 Å². The van der Waals surface area contributed by atoms with Crippen molar-refractivity contribution in [3.05, 3.63) is 64.1 Å². The molecule has 0 atom stereocenters. The van der Waals surface area contributed by atoms with Gasteiger partial charge in [0.05, 0.1) is 30.1 Å². The number of halogens is 2. The monoisotopic (exact) mass is 556 g/mol. The summed E-state index contributed by atoms with van der Waals surface area (Å²) >= 11 is 6.30. The molecule has 4 rings (SSSR count). The van der Waals surface area contributed by atoms with E-state index in [0.29, 0.717) is 12.0 Å². The topological polar surface area (TPSA) is 126 Å². The first-order valence-corrected chi connectivity index (χ1v) is 12.9. The smallest absolute Gasteiger partial charge is 0.255 e. The van der Waals surface area contributed by atoms with Gasteiger partial charge in [0.2, 0.25) is 11.8 Å². The number of nitrogens with one attached hydrogen (secondary N) is 4. The summed E-state index contributed by atoms with van der Waals surface area (Å²) in [5.74, 6) is -1.04. The summed E-state index contributed by atoms with van der Waals surface area (Å²) in [5, 5.41) is 11.7. The maximum absolute atomic E-state index is 15.0. The third-order valence-electron chi connectivity index (χ3n) is 6.32. The van der Waals surface area contributed by atoms with Gasteiger partial charge < -0.3 is 30.7 Å². The first-order chi connectivity index (χ1) is 18.8. The second-order valence-electron chi connectivity index (χ2n) is 8.83. The molecule has 0 aliphatic carbocycles. The molecule has 0 saturated carbocycles. The fraction of sp³-hybridized carbons (Fsp3) is 0.333. The second-order valence-corrected chi connectivity index (χ2v) is 9.23. The summed E-state index contributed by atoms with van der Waals surface area (Å²) in [6.45, 7) is 3.52. The predicted molar refractivity (Wildman–Crippen MR) is 146 cm³/mol. The Kier molecular flexibility index (Phi) is 9.15. The molecule has 2 aromatic carbocycles. The highest BCUT2D eigenvalue weighted by Gasteiger charge is 2.22. The minimum atomic E-state index is -0.734. The molecule has 1 aliphatic rings. The van der Waals surface area contributed by atoms with E-state index in [4.69, 9.17) is 21.1 Å². The number of nitrogens with zero attached hydrogens (tertiary/aromatic N) is 2. The molecule has 2 amide bonds. The van der Waals surface area contributed by atoms with E-state index in [0.717, 1.165) is 37.6 Å². The van der Waals surface area contributed by atoms with Gasteiger partial charge in [-0.05, 0) is 50.0 Å². The fourth-order valence-corrected chi connectivity index (χ4v) is 4.40. The van der Waals surface area contributed by atoms with E-state index in [9.17, 15) is 9.59 Å². The van der Waals surface area contributed by atoms with Crippen LogP contribution in [-0.4, -0.2) is 55.1 Å². The zero-order valence-corrected chi connectivity index (χ0v) is 22.6. The normalized spacial score (nSPS) is 13.5. The second kappa shape index (κ2) is 12.7. The van der Waals surface area contributed by atoms with Crippen molar-refractivity contribution in [3.63, 3.8) is 0 Å². The SMILES string of the molecule is CCc1cccc(Oc2nc(Nc3cc(F)c(C(=O)NC4CCNCC4)cc3OC)ncc2Cl)c1C(=O)NC. The molecule has 39 heavy (non-hydrogen) atoms. The minimum Gasteiger partial charge on any atom is -0.495 e. The number of anilines is 2. The number of rotatable bonds is 9. The van der Waals surface area contributed by atoms with Crippen LogP contribution in [0.1, 0.15) is 46.0 Å². The molecule has 10 nitrogen and oxygen atoms in total. The van der Waals surface area contributed by atoms with Crippen LogP contribution in [0.15, 0.2) is 36.5 Å². The highest BCUT2D eigenvalue weighted by molar-refractivity contribution is 6.31. The fourth-order valence-electron chi connectivity index (χ4n) is 4.27. The Hall–Kier alpha value is -3.96. The van der Waals surface area contributed by atoms with Gasteiger partial charge in [-0.2, -0.15) is 4.98 Å². The Morgan fingerprint density at radius 1 is 1.18 bits per heavy atom. The molecule has 12 heteroatoms. The Morgan fingerprint density at radius 3 is 2.64 bits per heavy atom. The van der Waals surface area contributed by atoms with E-state index in [1.807, 2.05) is 13.0 Å². The quantitative estimate of drug-likeness (QED) is 0.309. The molecule has 0 spiro atoms. The first-order valence-electron chi connectivity index (χ1n) is 12.5. The number of ether oxygens (including phenoxy) is 2. The largest absolute Gasteiger partial charge is 0.495 e. The van der Waals surface area contributed by atoms with E-state index < -0.39 is 11.7 Å². The molecule has 4 N–H and O–H groups in total. The number of aromatic nitrogens is 2. The number of carbonyl (C=O) groups excluding carboxylic acids is 2. The number of hydrogen-bond donors (Lipinski definition) is 4. The van der Waals surface area contributed by atoms with E-state index in [1.54, 1.807) is 12.1 Å². The lowest BCUT2D eigenvalue weighted by atomic mass is 10.0. The standard InChI is InChI=1S/C27H30ClFN6O4/c1-4-15-6-5-7-21(23(15)25(37)30-2)39-26-18(28)14-32-27(35-26)34-20-13-19(29)17(12-22(20)38-3)24(36)33-16-8-10-31-11-9-16/h5-7,12-14,16,31H,4,8-11H2,1-3H3,(H,30,37)(H,33,36)(H,32,34,35). The molecule has 1 fully saturated rings. The number of hydrogen-bond acceptors (Lipinski definition) is 8. The van der Waals surface area contributed by atoms with Crippen LogP contribution < -0.4 is 30.7 Å². The summed E-state index contributed by atoms with van der Waals surface area (Å²) in [7, 11) is 2.94. The molecule has 0 unspecified atom stereocenters. The molecular formula is C27H30ClFN6O4. The van der Waals surface area contributed by atoms with Crippen molar-refractivity contribution in [2.75, 3.05) is 32.6 Å². The average molecular weight is 557 g/mol. The number of methoxy groups -OCH3 is 1. The lowest BCUT2D eigenvalue weighted by Gasteiger charge is -2.24. The van der Waals surface area contributed by atoms with Crippen LogP contribution in [0.2, 0.25) is 5.02 Å². The molecule has 0 radical (unpaired) electrons. The van der Waals surface area contributed by atoms with Crippen molar-refractivity contribution in [2.24, 2.45) is 0 Å². The van der Waals surface area contributed by atoms with Crippen molar-refractivity contribution in [3.8, 4) is 17.4 Å². The van der Waals surface area contributed by atoms with E-state index >= 15 is 4.39 Å². The summed E-state index contributed by atoms with van der Waals surface area (Å²) in [5.41, 5.74) is 1.23. The van der Waals surface area contributed by atoms with Crippen LogP contribution in [0.3, 0.4) is 0 Å². The highest BCUT2D eigenvalue weighted by Crippen LogP contribution is 2.34.